The molecule has 0 spiro atoms. The van der Waals surface area contributed by atoms with Gasteiger partial charge in [-0.05, 0) is 45.0 Å². The predicted octanol–water partition coefficient (Wildman–Crippen LogP) is 2.03. The summed E-state index contributed by atoms with van der Waals surface area (Å²) in [4.78, 5) is 18.6. The van der Waals surface area contributed by atoms with Gasteiger partial charge < -0.3 is 24.5 Å². The van der Waals surface area contributed by atoms with Crippen LogP contribution >= 0.6 is 12.9 Å². The first-order valence-electron chi connectivity index (χ1n) is 10.2. The number of piperidine rings is 1. The topological polar surface area (TPSA) is 71.3 Å². The second-order valence-corrected chi connectivity index (χ2v) is 7.65. The fourth-order valence-corrected chi connectivity index (χ4v) is 4.24. The second kappa shape index (κ2) is 10.2. The SMILES string of the molecule is CCOc1cc(N2CCN(C3CCN(CCC(=O)OS)CC3)CC2)ccc1N. The van der Waals surface area contributed by atoms with Gasteiger partial charge in [0.2, 0.25) is 0 Å². The summed E-state index contributed by atoms with van der Waals surface area (Å²) in [6, 6.07) is 6.72. The maximum Gasteiger partial charge on any atom is 0.318 e. The summed E-state index contributed by atoms with van der Waals surface area (Å²) in [6.45, 7) is 9.63. The lowest BCUT2D eigenvalue weighted by Crippen LogP contribution is -2.53. The zero-order valence-corrected chi connectivity index (χ0v) is 17.6. The number of carbonyl (C=O) groups is 1. The van der Waals surface area contributed by atoms with Crippen molar-refractivity contribution in [3.63, 3.8) is 0 Å². The van der Waals surface area contributed by atoms with Gasteiger partial charge in [0.05, 0.1) is 18.7 Å². The molecule has 0 aliphatic carbocycles. The molecule has 2 heterocycles. The minimum atomic E-state index is -0.253. The van der Waals surface area contributed by atoms with Gasteiger partial charge in [-0.3, -0.25) is 9.69 Å². The summed E-state index contributed by atoms with van der Waals surface area (Å²) >= 11 is 3.56. The standard InChI is InChI=1S/C20H32N4O3S/c1-2-26-19-15-17(3-4-18(19)21)24-13-11-23(12-14-24)16-5-8-22(9-6-16)10-7-20(25)27-28/h3-4,15-16,28H,2,5-14,21H2,1H3. The Balaban J connectivity index is 1.45. The highest BCUT2D eigenvalue weighted by molar-refractivity contribution is 7.75. The first kappa shape index (κ1) is 21.1. The van der Waals surface area contributed by atoms with Gasteiger partial charge in [0, 0.05) is 63.4 Å². The largest absolute Gasteiger partial charge is 0.492 e. The molecule has 0 radical (unpaired) electrons. The van der Waals surface area contributed by atoms with Crippen molar-refractivity contribution in [1.29, 1.82) is 0 Å². The van der Waals surface area contributed by atoms with Crippen LogP contribution in [0.1, 0.15) is 26.2 Å². The molecule has 7 nitrogen and oxygen atoms in total. The summed E-state index contributed by atoms with van der Waals surface area (Å²) in [5, 5.41) is 0. The Bertz CT molecular complexity index is 644. The third kappa shape index (κ3) is 5.46. The molecule has 2 saturated heterocycles. The molecule has 0 aromatic heterocycles. The lowest BCUT2D eigenvalue weighted by molar-refractivity contribution is -0.133. The second-order valence-electron chi connectivity index (χ2n) is 7.46. The van der Waals surface area contributed by atoms with Crippen molar-refractivity contribution in [2.75, 3.05) is 63.1 Å². The van der Waals surface area contributed by atoms with Crippen LogP contribution in [-0.4, -0.2) is 74.2 Å². The number of nitrogen functional groups attached to an aromatic ring is 1. The number of likely N-dealkylation sites (tertiary alicyclic amines) is 1. The smallest absolute Gasteiger partial charge is 0.318 e. The molecular formula is C20H32N4O3S. The fraction of sp³-hybridized carbons (Fsp3) is 0.650. The van der Waals surface area contributed by atoms with E-state index in [4.69, 9.17) is 10.5 Å². The van der Waals surface area contributed by atoms with Crippen molar-refractivity contribution < 1.29 is 13.7 Å². The quantitative estimate of drug-likeness (QED) is 0.406. The van der Waals surface area contributed by atoms with E-state index in [1.807, 2.05) is 13.0 Å². The van der Waals surface area contributed by atoms with E-state index < -0.39 is 0 Å². The summed E-state index contributed by atoms with van der Waals surface area (Å²) in [7, 11) is 0. The van der Waals surface area contributed by atoms with Crippen molar-refractivity contribution in [3.05, 3.63) is 18.2 Å². The Morgan fingerprint density at radius 1 is 1.18 bits per heavy atom. The van der Waals surface area contributed by atoms with Gasteiger partial charge in [0.25, 0.3) is 0 Å². The molecule has 0 saturated carbocycles. The Kier molecular flexibility index (Phi) is 7.70. The molecule has 8 heteroatoms. The molecule has 1 aromatic rings. The summed E-state index contributed by atoms with van der Waals surface area (Å²) in [6.07, 6.45) is 2.73. The number of nitrogens with zero attached hydrogens (tertiary/aromatic N) is 3. The van der Waals surface area contributed by atoms with Gasteiger partial charge in [-0.2, -0.15) is 0 Å². The monoisotopic (exact) mass is 408 g/mol. The number of hydrogen-bond acceptors (Lipinski definition) is 8. The van der Waals surface area contributed by atoms with Crippen LogP contribution in [0.2, 0.25) is 0 Å². The number of carbonyl (C=O) groups excluding carboxylic acids is 1. The molecule has 2 aliphatic rings. The van der Waals surface area contributed by atoms with E-state index in [9.17, 15) is 4.79 Å². The predicted molar refractivity (Wildman–Crippen MR) is 115 cm³/mol. The van der Waals surface area contributed by atoms with Gasteiger partial charge >= 0.3 is 5.97 Å². The molecule has 2 aliphatic heterocycles. The van der Waals surface area contributed by atoms with Crippen LogP contribution in [0.3, 0.4) is 0 Å². The molecule has 0 unspecified atom stereocenters. The lowest BCUT2D eigenvalue weighted by atomic mass is 10.0. The highest BCUT2D eigenvalue weighted by Gasteiger charge is 2.27. The van der Waals surface area contributed by atoms with Crippen LogP contribution in [-0.2, 0) is 8.98 Å². The van der Waals surface area contributed by atoms with E-state index in [0.29, 0.717) is 24.8 Å². The first-order valence-corrected chi connectivity index (χ1v) is 10.5. The molecule has 156 valence electrons. The summed E-state index contributed by atoms with van der Waals surface area (Å²) in [5.74, 6) is 0.522. The average Bonchev–Trinajstić information content (AvgIpc) is 2.74. The molecule has 3 rings (SSSR count). The minimum absolute atomic E-state index is 0.253. The molecular weight excluding hydrogens is 376 g/mol. The zero-order chi connectivity index (χ0) is 19.9. The van der Waals surface area contributed by atoms with E-state index >= 15 is 0 Å². The summed E-state index contributed by atoms with van der Waals surface area (Å²) < 4.78 is 10.1. The maximum absolute atomic E-state index is 11.2. The van der Waals surface area contributed by atoms with Gasteiger partial charge in [-0.1, -0.05) is 0 Å². The molecule has 0 bridgehead atoms. The normalized spacial score (nSPS) is 19.6. The van der Waals surface area contributed by atoms with E-state index in [2.05, 4.69) is 43.9 Å². The maximum atomic E-state index is 11.2. The van der Waals surface area contributed by atoms with Crippen molar-refractivity contribution in [2.24, 2.45) is 0 Å². The highest BCUT2D eigenvalue weighted by Crippen LogP contribution is 2.29. The van der Waals surface area contributed by atoms with Crippen LogP contribution in [0.15, 0.2) is 18.2 Å². The number of benzene rings is 1. The fourth-order valence-electron chi connectivity index (χ4n) is 4.15. The molecule has 2 fully saturated rings. The van der Waals surface area contributed by atoms with Crippen molar-refractivity contribution in [3.8, 4) is 5.75 Å². The van der Waals surface area contributed by atoms with Crippen LogP contribution in [0.25, 0.3) is 0 Å². The number of rotatable bonds is 7. The van der Waals surface area contributed by atoms with Gasteiger partial charge in [-0.25, -0.2) is 0 Å². The Morgan fingerprint density at radius 3 is 2.54 bits per heavy atom. The van der Waals surface area contributed by atoms with Crippen molar-refractivity contribution in [2.45, 2.75) is 32.2 Å². The van der Waals surface area contributed by atoms with Gasteiger partial charge in [0.15, 0.2) is 0 Å². The number of piperazine rings is 1. The number of ether oxygens (including phenoxy) is 1. The van der Waals surface area contributed by atoms with Crippen LogP contribution < -0.4 is 15.4 Å². The van der Waals surface area contributed by atoms with Crippen LogP contribution in [0.5, 0.6) is 5.75 Å². The first-order chi connectivity index (χ1) is 13.6. The van der Waals surface area contributed by atoms with E-state index in [-0.39, 0.29) is 5.97 Å². The van der Waals surface area contributed by atoms with E-state index in [1.165, 1.54) is 5.69 Å². The molecule has 0 atom stereocenters. The molecule has 0 amide bonds. The Morgan fingerprint density at radius 2 is 1.89 bits per heavy atom. The number of thiol groups is 1. The minimum Gasteiger partial charge on any atom is -0.492 e. The Labute approximate surface area is 173 Å². The summed E-state index contributed by atoms with van der Waals surface area (Å²) in [5.41, 5.74) is 7.87. The van der Waals surface area contributed by atoms with Crippen LogP contribution in [0, 0.1) is 0 Å². The molecule has 1 aromatic carbocycles. The van der Waals surface area contributed by atoms with Crippen molar-refractivity contribution in [1.82, 2.24) is 9.80 Å². The number of nitrogens with two attached hydrogens (primary N) is 1. The zero-order valence-electron chi connectivity index (χ0n) is 16.7. The molecule has 28 heavy (non-hydrogen) atoms. The van der Waals surface area contributed by atoms with E-state index in [1.54, 1.807) is 0 Å². The van der Waals surface area contributed by atoms with Crippen LogP contribution in [0.4, 0.5) is 11.4 Å². The Hall–Kier alpha value is -1.64. The number of hydrogen-bond donors (Lipinski definition) is 2. The third-order valence-electron chi connectivity index (χ3n) is 5.78. The van der Waals surface area contributed by atoms with Gasteiger partial charge in [0.1, 0.15) is 5.75 Å². The average molecular weight is 409 g/mol. The highest BCUT2D eigenvalue weighted by atomic mass is 32.1. The number of anilines is 2. The van der Waals surface area contributed by atoms with Gasteiger partial charge in [-0.15, -0.1) is 0 Å². The van der Waals surface area contributed by atoms with Crippen molar-refractivity contribution >= 4 is 30.3 Å². The van der Waals surface area contributed by atoms with E-state index in [0.717, 1.165) is 64.4 Å². The lowest BCUT2D eigenvalue weighted by Gasteiger charge is -2.43. The molecule has 2 N–H and O–H groups in total. The third-order valence-corrected chi connectivity index (χ3v) is 5.99.